The van der Waals surface area contributed by atoms with Crippen LogP contribution in [0.15, 0.2) is 18.2 Å². The van der Waals surface area contributed by atoms with Crippen LogP contribution in [0.5, 0.6) is 0 Å². The first-order chi connectivity index (χ1) is 6.40. The molecule has 0 aromatic heterocycles. The summed E-state index contributed by atoms with van der Waals surface area (Å²) >= 11 is 0. The fourth-order valence-corrected chi connectivity index (χ4v) is 1.76. The monoisotopic (exact) mass is 171 g/mol. The molecule has 1 heteroatoms. The first-order valence-corrected chi connectivity index (χ1v) is 4.65. The Morgan fingerprint density at radius 2 is 2.31 bits per heavy atom. The van der Waals surface area contributed by atoms with Crippen molar-refractivity contribution in [2.24, 2.45) is 0 Å². The number of rotatable bonds is 1. The van der Waals surface area contributed by atoms with Crippen molar-refractivity contribution in [2.45, 2.75) is 19.4 Å². The maximum Gasteiger partial charge on any atom is 0.0337 e. The Hall–Kier alpha value is -1.26. The number of hydrogen-bond acceptors (Lipinski definition) is 1. The van der Waals surface area contributed by atoms with Gasteiger partial charge in [-0.25, -0.2) is 0 Å². The molecule has 1 nitrogen and oxygen atoms in total. The third-order valence-electron chi connectivity index (χ3n) is 2.46. The summed E-state index contributed by atoms with van der Waals surface area (Å²) in [6.45, 7) is 2.10. The van der Waals surface area contributed by atoms with Gasteiger partial charge in [-0.15, -0.1) is 12.3 Å². The second-order valence-electron chi connectivity index (χ2n) is 3.41. The van der Waals surface area contributed by atoms with Gasteiger partial charge in [0.15, 0.2) is 0 Å². The molecular weight excluding hydrogens is 158 g/mol. The van der Waals surface area contributed by atoms with Gasteiger partial charge in [0, 0.05) is 13.0 Å². The van der Waals surface area contributed by atoms with Gasteiger partial charge in [-0.3, -0.25) is 0 Å². The van der Waals surface area contributed by atoms with Crippen molar-refractivity contribution in [1.82, 2.24) is 5.32 Å². The molecule has 0 saturated carbocycles. The normalized spacial score (nSPS) is 14.7. The van der Waals surface area contributed by atoms with Crippen LogP contribution in [0.25, 0.3) is 0 Å². The second kappa shape index (κ2) is 3.64. The summed E-state index contributed by atoms with van der Waals surface area (Å²) in [6.07, 6.45) is 7.16. The summed E-state index contributed by atoms with van der Waals surface area (Å²) in [5.74, 6) is 2.68. The van der Waals surface area contributed by atoms with E-state index < -0.39 is 0 Å². The van der Waals surface area contributed by atoms with Crippen molar-refractivity contribution >= 4 is 0 Å². The molecule has 0 fully saturated rings. The third-order valence-corrected chi connectivity index (χ3v) is 2.46. The van der Waals surface area contributed by atoms with Crippen LogP contribution in [0.4, 0.5) is 0 Å². The van der Waals surface area contributed by atoms with E-state index in [1.807, 2.05) is 0 Å². The lowest BCUT2D eigenvalue weighted by atomic mass is 9.97. The lowest BCUT2D eigenvalue weighted by Crippen LogP contribution is -2.23. The van der Waals surface area contributed by atoms with E-state index >= 15 is 0 Å². The number of nitrogens with one attached hydrogen (secondary N) is 1. The quantitative estimate of drug-likeness (QED) is 0.631. The molecule has 0 unspecified atom stereocenters. The van der Waals surface area contributed by atoms with Crippen LogP contribution in [0.2, 0.25) is 0 Å². The minimum absolute atomic E-state index is 0.751. The van der Waals surface area contributed by atoms with Crippen LogP contribution >= 0.6 is 0 Å². The van der Waals surface area contributed by atoms with Crippen LogP contribution < -0.4 is 5.32 Å². The molecule has 2 rings (SSSR count). The summed E-state index contributed by atoms with van der Waals surface area (Å²) in [5, 5.41) is 3.35. The molecule has 13 heavy (non-hydrogen) atoms. The summed E-state index contributed by atoms with van der Waals surface area (Å²) in [5.41, 5.74) is 4.15. The van der Waals surface area contributed by atoms with E-state index in [9.17, 15) is 0 Å². The van der Waals surface area contributed by atoms with E-state index in [0.29, 0.717) is 0 Å². The Balaban J connectivity index is 2.31. The van der Waals surface area contributed by atoms with E-state index in [0.717, 1.165) is 25.9 Å². The fourth-order valence-electron chi connectivity index (χ4n) is 1.76. The Morgan fingerprint density at radius 1 is 1.38 bits per heavy atom. The molecule has 1 N–H and O–H groups in total. The number of fused-ring (bicyclic) bond motifs is 1. The average molecular weight is 171 g/mol. The molecule has 0 radical (unpaired) electrons. The average Bonchev–Trinajstić information content (AvgIpc) is 2.18. The highest BCUT2D eigenvalue weighted by molar-refractivity contribution is 5.35. The van der Waals surface area contributed by atoms with E-state index in [4.69, 9.17) is 6.42 Å². The van der Waals surface area contributed by atoms with Crippen molar-refractivity contribution in [2.75, 3.05) is 6.54 Å². The lowest BCUT2D eigenvalue weighted by molar-refractivity contribution is 0.643. The number of hydrogen-bond donors (Lipinski definition) is 1. The molecule has 1 aromatic carbocycles. The molecule has 0 saturated heterocycles. The second-order valence-corrected chi connectivity index (χ2v) is 3.41. The molecule has 1 aliphatic rings. The molecule has 1 aromatic rings. The SMILES string of the molecule is C#CCc1ccc2c(c1)CCNC2. The minimum atomic E-state index is 0.751. The van der Waals surface area contributed by atoms with Crippen molar-refractivity contribution in [3.05, 3.63) is 34.9 Å². The maximum atomic E-state index is 5.27. The molecule has 0 bridgehead atoms. The topological polar surface area (TPSA) is 12.0 Å². The number of terminal acetylenes is 1. The highest BCUT2D eigenvalue weighted by atomic mass is 14.9. The van der Waals surface area contributed by atoms with Gasteiger partial charge < -0.3 is 5.32 Å². The first kappa shape index (κ1) is 8.34. The van der Waals surface area contributed by atoms with E-state index in [1.54, 1.807) is 0 Å². The Labute approximate surface area is 79.2 Å². The van der Waals surface area contributed by atoms with E-state index in [2.05, 4.69) is 29.4 Å². The first-order valence-electron chi connectivity index (χ1n) is 4.65. The van der Waals surface area contributed by atoms with Gasteiger partial charge in [0.25, 0.3) is 0 Å². The van der Waals surface area contributed by atoms with Crippen LogP contribution in [-0.2, 0) is 19.4 Å². The predicted octanol–water partition coefficient (Wildman–Crippen LogP) is 1.51. The summed E-state index contributed by atoms with van der Waals surface area (Å²) in [4.78, 5) is 0. The largest absolute Gasteiger partial charge is 0.312 e. The van der Waals surface area contributed by atoms with Crippen LogP contribution in [-0.4, -0.2) is 6.54 Å². The molecule has 0 spiro atoms. The molecule has 1 aliphatic heterocycles. The van der Waals surface area contributed by atoms with Gasteiger partial charge in [0.05, 0.1) is 0 Å². The molecule has 1 heterocycles. The summed E-state index contributed by atoms with van der Waals surface area (Å²) in [6, 6.07) is 6.57. The van der Waals surface area contributed by atoms with Gasteiger partial charge in [0.2, 0.25) is 0 Å². The van der Waals surface area contributed by atoms with Crippen molar-refractivity contribution in [3.8, 4) is 12.3 Å². The summed E-state index contributed by atoms with van der Waals surface area (Å²) < 4.78 is 0. The zero-order valence-electron chi connectivity index (χ0n) is 7.64. The van der Waals surface area contributed by atoms with Crippen LogP contribution in [0, 0.1) is 12.3 Å². The standard InChI is InChI=1S/C12H13N/c1-2-3-10-4-5-12-9-13-7-6-11(12)8-10/h1,4-5,8,13H,3,6-7,9H2. The molecule has 66 valence electrons. The van der Waals surface area contributed by atoms with Gasteiger partial charge in [-0.1, -0.05) is 18.2 Å². The van der Waals surface area contributed by atoms with Crippen molar-refractivity contribution < 1.29 is 0 Å². The zero-order chi connectivity index (χ0) is 9.10. The van der Waals surface area contributed by atoms with Crippen molar-refractivity contribution in [3.63, 3.8) is 0 Å². The van der Waals surface area contributed by atoms with E-state index in [1.165, 1.54) is 16.7 Å². The van der Waals surface area contributed by atoms with Gasteiger partial charge in [0.1, 0.15) is 0 Å². The van der Waals surface area contributed by atoms with Crippen LogP contribution in [0.1, 0.15) is 16.7 Å². The Morgan fingerprint density at radius 3 is 3.15 bits per heavy atom. The third kappa shape index (κ3) is 1.74. The molecule has 0 amide bonds. The van der Waals surface area contributed by atoms with Gasteiger partial charge in [-0.05, 0) is 29.7 Å². The summed E-state index contributed by atoms with van der Waals surface area (Å²) in [7, 11) is 0. The zero-order valence-corrected chi connectivity index (χ0v) is 7.64. The highest BCUT2D eigenvalue weighted by Gasteiger charge is 2.07. The van der Waals surface area contributed by atoms with Crippen LogP contribution in [0.3, 0.4) is 0 Å². The van der Waals surface area contributed by atoms with Gasteiger partial charge in [-0.2, -0.15) is 0 Å². The Kier molecular flexibility index (Phi) is 2.33. The highest BCUT2D eigenvalue weighted by Crippen LogP contribution is 2.15. The smallest absolute Gasteiger partial charge is 0.0337 e. The minimum Gasteiger partial charge on any atom is -0.312 e. The molecule has 0 atom stereocenters. The molecular formula is C12H13N. The Bertz CT molecular complexity index is 347. The fraction of sp³-hybridized carbons (Fsp3) is 0.333. The lowest BCUT2D eigenvalue weighted by Gasteiger charge is -2.17. The predicted molar refractivity (Wildman–Crippen MR) is 54.4 cm³/mol. The number of benzene rings is 1. The van der Waals surface area contributed by atoms with E-state index in [-0.39, 0.29) is 0 Å². The molecule has 0 aliphatic carbocycles. The maximum absolute atomic E-state index is 5.27. The van der Waals surface area contributed by atoms with Gasteiger partial charge >= 0.3 is 0 Å². The van der Waals surface area contributed by atoms with Crippen molar-refractivity contribution in [1.29, 1.82) is 0 Å².